The summed E-state index contributed by atoms with van der Waals surface area (Å²) in [4.78, 5) is 10.2. The number of aldehydes is 1. The van der Waals surface area contributed by atoms with Crippen molar-refractivity contribution in [1.29, 1.82) is 0 Å². The van der Waals surface area contributed by atoms with Crippen LogP contribution in [0.1, 0.15) is 10.4 Å². The van der Waals surface area contributed by atoms with E-state index in [1.54, 1.807) is 0 Å². The molecule has 1 nitrogen and oxygen atoms in total. The van der Waals surface area contributed by atoms with Gasteiger partial charge in [0.2, 0.25) is 0 Å². The Morgan fingerprint density at radius 3 is 1.92 bits per heavy atom. The first-order chi connectivity index (χ1) is 6.00. The highest BCUT2D eigenvalue weighted by molar-refractivity contribution is 6.43. The van der Waals surface area contributed by atoms with Crippen LogP contribution in [0, 0.1) is 17.5 Å². The summed E-state index contributed by atoms with van der Waals surface area (Å²) in [7, 11) is 0. The maximum atomic E-state index is 12.7. The minimum Gasteiger partial charge on any atom is -0.298 e. The van der Waals surface area contributed by atoms with Gasteiger partial charge in [0.15, 0.2) is 23.7 Å². The smallest absolute Gasteiger partial charge is 0.196 e. The lowest BCUT2D eigenvalue weighted by Crippen LogP contribution is -1.99. The molecule has 0 fully saturated rings. The predicted molar refractivity (Wildman–Crippen MR) is 41.7 cm³/mol. The van der Waals surface area contributed by atoms with Gasteiger partial charge in [0.1, 0.15) is 0 Å². The Kier molecular flexibility index (Phi) is 2.83. The molecule has 0 bridgehead atoms. The van der Waals surface area contributed by atoms with E-state index in [0.717, 1.165) is 0 Å². The van der Waals surface area contributed by atoms with Crippen molar-refractivity contribution in [3.63, 3.8) is 0 Å². The van der Waals surface area contributed by atoms with Gasteiger partial charge in [-0.25, -0.2) is 13.2 Å². The molecule has 0 heterocycles. The van der Waals surface area contributed by atoms with Crippen LogP contribution >= 0.6 is 23.2 Å². The van der Waals surface area contributed by atoms with E-state index in [0.29, 0.717) is 0 Å². The van der Waals surface area contributed by atoms with Gasteiger partial charge in [0.25, 0.3) is 0 Å². The predicted octanol–water partition coefficient (Wildman–Crippen LogP) is 3.22. The molecule has 0 saturated heterocycles. The van der Waals surface area contributed by atoms with E-state index in [4.69, 9.17) is 23.2 Å². The summed E-state index contributed by atoms with van der Waals surface area (Å²) in [6.07, 6.45) is -0.0356. The van der Waals surface area contributed by atoms with Gasteiger partial charge in [-0.2, -0.15) is 0 Å². The first-order valence-electron chi connectivity index (χ1n) is 2.97. The van der Waals surface area contributed by atoms with Crippen molar-refractivity contribution in [3.05, 3.63) is 33.1 Å². The molecule has 6 heteroatoms. The first-order valence-corrected chi connectivity index (χ1v) is 3.73. The van der Waals surface area contributed by atoms with E-state index in [1.165, 1.54) is 0 Å². The summed E-state index contributed by atoms with van der Waals surface area (Å²) >= 11 is 10.4. The molecule has 1 rings (SSSR count). The zero-order valence-electron chi connectivity index (χ0n) is 5.88. The monoisotopic (exact) mass is 228 g/mol. The average molecular weight is 229 g/mol. The molecule has 0 aliphatic carbocycles. The fourth-order valence-corrected chi connectivity index (χ4v) is 1.12. The number of carbonyl (C=O) groups excluding carboxylic acids is 1. The van der Waals surface area contributed by atoms with Gasteiger partial charge in [0, 0.05) is 0 Å². The highest BCUT2D eigenvalue weighted by Gasteiger charge is 2.22. The van der Waals surface area contributed by atoms with Crippen LogP contribution in [0.25, 0.3) is 0 Å². The summed E-state index contributed by atoms with van der Waals surface area (Å²) < 4.78 is 37.9. The minimum absolute atomic E-state index is 0.0356. The number of hydrogen-bond donors (Lipinski definition) is 0. The van der Waals surface area contributed by atoms with Crippen molar-refractivity contribution in [3.8, 4) is 0 Å². The standard InChI is InChI=1S/C7HCl2F3O/c8-3-2(1-13)5(10)7(12)6(11)4(3)9/h1H. The SMILES string of the molecule is O=Cc1c(F)c(F)c(F)c(Cl)c1Cl. The zero-order valence-corrected chi connectivity index (χ0v) is 7.39. The number of benzene rings is 1. The second-order valence-corrected chi connectivity index (χ2v) is 2.86. The number of carbonyl (C=O) groups is 1. The average Bonchev–Trinajstić information content (AvgIpc) is 2.13. The van der Waals surface area contributed by atoms with Crippen LogP contribution in [0.15, 0.2) is 0 Å². The molecule has 0 amide bonds. The molecule has 1 aromatic carbocycles. The van der Waals surface area contributed by atoms with Crippen LogP contribution in [0.5, 0.6) is 0 Å². The Morgan fingerprint density at radius 2 is 1.46 bits per heavy atom. The van der Waals surface area contributed by atoms with E-state index in [1.807, 2.05) is 0 Å². The third-order valence-electron chi connectivity index (χ3n) is 1.36. The minimum atomic E-state index is -1.81. The zero-order chi connectivity index (χ0) is 10.2. The third kappa shape index (κ3) is 1.51. The second kappa shape index (κ2) is 3.55. The molecule has 0 N–H and O–H groups in total. The molecule has 0 unspecified atom stereocenters. The van der Waals surface area contributed by atoms with E-state index in [2.05, 4.69) is 0 Å². The van der Waals surface area contributed by atoms with E-state index in [9.17, 15) is 18.0 Å². The van der Waals surface area contributed by atoms with Crippen molar-refractivity contribution >= 4 is 29.5 Å². The van der Waals surface area contributed by atoms with Crippen molar-refractivity contribution in [2.45, 2.75) is 0 Å². The van der Waals surface area contributed by atoms with Gasteiger partial charge in [-0.1, -0.05) is 23.2 Å². The van der Waals surface area contributed by atoms with Crippen LogP contribution in [0.2, 0.25) is 10.0 Å². The molecule has 1 aromatic rings. The molecule has 70 valence electrons. The summed E-state index contributed by atoms with van der Waals surface area (Å²) in [5.74, 6) is -5.05. The van der Waals surface area contributed by atoms with Crippen LogP contribution in [0.3, 0.4) is 0 Å². The van der Waals surface area contributed by atoms with Gasteiger partial charge in [-0.15, -0.1) is 0 Å². The van der Waals surface area contributed by atoms with E-state index >= 15 is 0 Å². The lowest BCUT2D eigenvalue weighted by atomic mass is 10.2. The highest BCUT2D eigenvalue weighted by Crippen LogP contribution is 2.31. The Bertz CT molecular complexity index is 349. The summed E-state index contributed by atoms with van der Waals surface area (Å²) in [5.41, 5.74) is -0.787. The van der Waals surface area contributed by atoms with Crippen molar-refractivity contribution in [1.82, 2.24) is 0 Å². The fourth-order valence-electron chi connectivity index (χ4n) is 0.725. The van der Waals surface area contributed by atoms with E-state index < -0.39 is 33.1 Å². The number of halogens is 5. The van der Waals surface area contributed by atoms with Crippen LogP contribution in [0.4, 0.5) is 13.2 Å². The van der Waals surface area contributed by atoms with Gasteiger partial charge < -0.3 is 0 Å². The van der Waals surface area contributed by atoms with Gasteiger partial charge >= 0.3 is 0 Å². The van der Waals surface area contributed by atoms with Gasteiger partial charge in [0.05, 0.1) is 15.6 Å². The number of rotatable bonds is 1. The maximum absolute atomic E-state index is 12.7. The quantitative estimate of drug-likeness (QED) is 0.410. The molecular formula is C7HCl2F3O. The van der Waals surface area contributed by atoms with Crippen LogP contribution < -0.4 is 0 Å². The third-order valence-corrected chi connectivity index (χ3v) is 2.21. The molecule has 0 aromatic heterocycles. The topological polar surface area (TPSA) is 17.1 Å². The fraction of sp³-hybridized carbons (Fsp3) is 0. The van der Waals surface area contributed by atoms with Crippen molar-refractivity contribution < 1.29 is 18.0 Å². The molecule has 0 spiro atoms. The summed E-state index contributed by atoms with van der Waals surface area (Å²) in [6.45, 7) is 0. The Morgan fingerprint density at radius 1 is 0.923 bits per heavy atom. The summed E-state index contributed by atoms with van der Waals surface area (Å²) in [5, 5.41) is -1.43. The number of hydrogen-bond acceptors (Lipinski definition) is 1. The molecule has 0 radical (unpaired) electrons. The Balaban J connectivity index is 3.66. The largest absolute Gasteiger partial charge is 0.298 e. The summed E-state index contributed by atoms with van der Waals surface area (Å²) in [6, 6.07) is 0. The molecule has 13 heavy (non-hydrogen) atoms. The molecular weight excluding hydrogens is 228 g/mol. The maximum Gasteiger partial charge on any atom is 0.196 e. The Labute approximate surface area is 81.1 Å². The van der Waals surface area contributed by atoms with Crippen LogP contribution in [-0.4, -0.2) is 6.29 Å². The normalized spacial score (nSPS) is 10.2. The first kappa shape index (κ1) is 10.3. The van der Waals surface area contributed by atoms with Crippen molar-refractivity contribution in [2.75, 3.05) is 0 Å². The highest BCUT2D eigenvalue weighted by atomic mass is 35.5. The van der Waals surface area contributed by atoms with Crippen molar-refractivity contribution in [2.24, 2.45) is 0 Å². The van der Waals surface area contributed by atoms with E-state index in [-0.39, 0.29) is 6.29 Å². The van der Waals surface area contributed by atoms with Gasteiger partial charge in [-0.3, -0.25) is 4.79 Å². The lowest BCUT2D eigenvalue weighted by Gasteiger charge is -2.03. The van der Waals surface area contributed by atoms with Crippen LogP contribution in [-0.2, 0) is 0 Å². The van der Waals surface area contributed by atoms with Gasteiger partial charge in [-0.05, 0) is 0 Å². The molecule has 0 aliphatic heterocycles. The Hall–Kier alpha value is -0.740. The molecule has 0 aliphatic rings. The molecule has 0 saturated carbocycles. The lowest BCUT2D eigenvalue weighted by molar-refractivity contribution is 0.111. The molecule has 0 atom stereocenters. The second-order valence-electron chi connectivity index (χ2n) is 2.10.